The molecule has 0 fully saturated rings. The highest BCUT2D eigenvalue weighted by Gasteiger charge is 1.98. The number of carboxylic acids is 1. The molecule has 1 amide bonds. The van der Waals surface area contributed by atoms with Crippen LogP contribution in [-0.2, 0) is 16.1 Å². The number of amides is 1. The van der Waals surface area contributed by atoms with Gasteiger partial charge in [-0.2, -0.15) is 0 Å². The second-order valence-electron chi connectivity index (χ2n) is 2.83. The number of nitrogens with one attached hydrogen (secondary N) is 1. The summed E-state index contributed by atoms with van der Waals surface area (Å²) in [6, 6.07) is 6.83. The van der Waals surface area contributed by atoms with Gasteiger partial charge in [-0.1, -0.05) is 12.1 Å². The van der Waals surface area contributed by atoms with E-state index in [0.29, 0.717) is 18.7 Å². The van der Waals surface area contributed by atoms with Crippen LogP contribution in [0.4, 0.5) is 0 Å². The molecule has 0 spiro atoms. The third kappa shape index (κ3) is 4.12. The first-order chi connectivity index (χ1) is 7.22. The molecule has 1 rings (SSSR count). The van der Waals surface area contributed by atoms with Gasteiger partial charge in [-0.05, 0) is 17.7 Å². The Kier molecular flexibility index (Phi) is 4.15. The Morgan fingerprint density at radius 2 is 2.07 bits per heavy atom. The molecule has 0 aliphatic carbocycles. The molecule has 0 aliphatic rings. The van der Waals surface area contributed by atoms with Crippen LogP contribution in [0, 0.1) is 0 Å². The molecular weight excluding hydrogens is 198 g/mol. The fourth-order valence-electron chi connectivity index (χ4n) is 1.01. The first-order valence-electron chi connectivity index (χ1n) is 4.33. The summed E-state index contributed by atoms with van der Waals surface area (Å²) in [6.07, 6.45) is 0.620. The lowest BCUT2D eigenvalue weighted by Crippen LogP contribution is -2.10. The summed E-state index contributed by atoms with van der Waals surface area (Å²) >= 11 is 0. The number of ether oxygens (including phenoxy) is 1. The minimum absolute atomic E-state index is 0.355. The van der Waals surface area contributed by atoms with Crippen molar-refractivity contribution < 1.29 is 19.4 Å². The number of rotatable bonds is 6. The van der Waals surface area contributed by atoms with Crippen molar-refractivity contribution in [3.05, 3.63) is 29.8 Å². The zero-order chi connectivity index (χ0) is 11.1. The van der Waals surface area contributed by atoms with Crippen molar-refractivity contribution in [3.63, 3.8) is 0 Å². The van der Waals surface area contributed by atoms with Crippen LogP contribution >= 0.6 is 0 Å². The third-order valence-electron chi connectivity index (χ3n) is 1.68. The van der Waals surface area contributed by atoms with E-state index in [-0.39, 0.29) is 6.61 Å². The number of aliphatic carboxylic acids is 1. The van der Waals surface area contributed by atoms with Gasteiger partial charge in [-0.25, -0.2) is 4.79 Å². The Morgan fingerprint density at radius 1 is 1.40 bits per heavy atom. The molecule has 5 heteroatoms. The Hall–Kier alpha value is -2.04. The maximum Gasteiger partial charge on any atom is 0.341 e. The summed E-state index contributed by atoms with van der Waals surface area (Å²) in [7, 11) is 0. The molecule has 0 atom stereocenters. The largest absolute Gasteiger partial charge is 0.482 e. The van der Waals surface area contributed by atoms with Crippen molar-refractivity contribution in [1.29, 1.82) is 0 Å². The monoisotopic (exact) mass is 209 g/mol. The van der Waals surface area contributed by atoms with Gasteiger partial charge in [0.1, 0.15) is 5.75 Å². The molecule has 1 aromatic carbocycles. The summed E-state index contributed by atoms with van der Waals surface area (Å²) in [4.78, 5) is 20.2. The summed E-state index contributed by atoms with van der Waals surface area (Å²) < 4.78 is 4.94. The standard InChI is InChI=1S/C10H11NO4/c12-7-11-5-8-1-3-9(4-2-8)15-6-10(13)14/h1-4,7H,5-6H2,(H,11,12)(H,13,14). The minimum Gasteiger partial charge on any atom is -0.482 e. The zero-order valence-corrected chi connectivity index (χ0v) is 7.97. The Morgan fingerprint density at radius 3 is 2.60 bits per heavy atom. The minimum atomic E-state index is -1.01. The highest BCUT2D eigenvalue weighted by Crippen LogP contribution is 2.11. The zero-order valence-electron chi connectivity index (χ0n) is 7.97. The molecule has 0 unspecified atom stereocenters. The maximum atomic E-state index is 10.2. The highest BCUT2D eigenvalue weighted by atomic mass is 16.5. The quantitative estimate of drug-likeness (QED) is 0.665. The lowest BCUT2D eigenvalue weighted by molar-refractivity contribution is -0.139. The molecule has 0 saturated carbocycles. The van der Waals surface area contributed by atoms with Crippen molar-refractivity contribution in [1.82, 2.24) is 5.32 Å². The fourth-order valence-corrected chi connectivity index (χ4v) is 1.01. The average Bonchev–Trinajstić information content (AvgIpc) is 2.25. The Balaban J connectivity index is 2.48. The fraction of sp³-hybridized carbons (Fsp3) is 0.200. The summed E-state index contributed by atoms with van der Waals surface area (Å²) in [6.45, 7) is 0.0919. The lowest BCUT2D eigenvalue weighted by Gasteiger charge is -2.04. The molecule has 0 bridgehead atoms. The average molecular weight is 209 g/mol. The van der Waals surface area contributed by atoms with Crippen molar-refractivity contribution in [3.8, 4) is 5.75 Å². The second kappa shape index (κ2) is 5.64. The molecule has 1 aromatic rings. The third-order valence-corrected chi connectivity index (χ3v) is 1.68. The molecular formula is C10H11NO4. The lowest BCUT2D eigenvalue weighted by atomic mass is 10.2. The van der Waals surface area contributed by atoms with Gasteiger partial charge in [-0.3, -0.25) is 4.79 Å². The molecule has 0 radical (unpaired) electrons. The van der Waals surface area contributed by atoms with Crippen LogP contribution in [0.25, 0.3) is 0 Å². The number of benzene rings is 1. The van der Waals surface area contributed by atoms with Gasteiger partial charge in [0, 0.05) is 6.54 Å². The van der Waals surface area contributed by atoms with E-state index in [1.54, 1.807) is 24.3 Å². The van der Waals surface area contributed by atoms with Crippen LogP contribution in [0.15, 0.2) is 24.3 Å². The van der Waals surface area contributed by atoms with Gasteiger partial charge in [-0.15, -0.1) is 0 Å². The van der Waals surface area contributed by atoms with E-state index in [2.05, 4.69) is 5.32 Å². The van der Waals surface area contributed by atoms with Crippen molar-refractivity contribution in [2.24, 2.45) is 0 Å². The van der Waals surface area contributed by atoms with Crippen molar-refractivity contribution in [2.45, 2.75) is 6.54 Å². The predicted octanol–water partition coefficient (Wildman–Crippen LogP) is 0.396. The molecule has 0 aliphatic heterocycles. The first-order valence-corrected chi connectivity index (χ1v) is 4.33. The van der Waals surface area contributed by atoms with Gasteiger partial charge < -0.3 is 15.2 Å². The molecule has 2 N–H and O–H groups in total. The van der Waals surface area contributed by atoms with Crippen LogP contribution in [0.2, 0.25) is 0 Å². The molecule has 0 aromatic heterocycles. The van der Waals surface area contributed by atoms with E-state index in [9.17, 15) is 9.59 Å². The Labute approximate surface area is 86.7 Å². The molecule has 80 valence electrons. The first kappa shape index (κ1) is 11.0. The summed E-state index contributed by atoms with van der Waals surface area (Å²) in [5.74, 6) is -0.519. The van der Waals surface area contributed by atoms with E-state index in [0.717, 1.165) is 5.56 Å². The van der Waals surface area contributed by atoms with E-state index in [1.807, 2.05) is 0 Å². The van der Waals surface area contributed by atoms with Crippen LogP contribution < -0.4 is 10.1 Å². The molecule has 15 heavy (non-hydrogen) atoms. The van der Waals surface area contributed by atoms with Crippen LogP contribution in [0.5, 0.6) is 5.75 Å². The molecule has 5 nitrogen and oxygen atoms in total. The van der Waals surface area contributed by atoms with Gasteiger partial charge in [0.2, 0.25) is 6.41 Å². The van der Waals surface area contributed by atoms with Gasteiger partial charge in [0.25, 0.3) is 0 Å². The van der Waals surface area contributed by atoms with Gasteiger partial charge >= 0.3 is 5.97 Å². The normalized spacial score (nSPS) is 9.33. The van der Waals surface area contributed by atoms with Gasteiger partial charge in [0.05, 0.1) is 0 Å². The van der Waals surface area contributed by atoms with Crippen molar-refractivity contribution in [2.75, 3.05) is 6.61 Å². The maximum absolute atomic E-state index is 10.2. The van der Waals surface area contributed by atoms with Crippen molar-refractivity contribution >= 4 is 12.4 Å². The van der Waals surface area contributed by atoms with Crippen LogP contribution in [0.3, 0.4) is 0 Å². The number of hydrogen-bond donors (Lipinski definition) is 2. The highest BCUT2D eigenvalue weighted by molar-refractivity contribution is 5.68. The topological polar surface area (TPSA) is 75.6 Å². The van der Waals surface area contributed by atoms with Gasteiger partial charge in [0.15, 0.2) is 6.61 Å². The number of carbonyl (C=O) groups is 2. The number of hydrogen-bond acceptors (Lipinski definition) is 3. The van der Waals surface area contributed by atoms with E-state index in [4.69, 9.17) is 9.84 Å². The molecule has 0 heterocycles. The molecule has 0 saturated heterocycles. The van der Waals surface area contributed by atoms with E-state index < -0.39 is 5.97 Å². The Bertz CT molecular complexity index is 334. The predicted molar refractivity (Wildman–Crippen MR) is 52.5 cm³/mol. The van der Waals surface area contributed by atoms with Crippen LogP contribution in [0.1, 0.15) is 5.56 Å². The summed E-state index contributed by atoms with van der Waals surface area (Å²) in [5, 5.41) is 10.9. The van der Waals surface area contributed by atoms with Crippen LogP contribution in [-0.4, -0.2) is 24.1 Å². The SMILES string of the molecule is O=CNCc1ccc(OCC(=O)O)cc1. The number of carboxylic acid groups (broad SMARTS) is 1. The second-order valence-corrected chi connectivity index (χ2v) is 2.83. The van der Waals surface area contributed by atoms with E-state index in [1.165, 1.54) is 0 Å². The summed E-state index contributed by atoms with van der Waals surface area (Å²) in [5.41, 5.74) is 0.921. The van der Waals surface area contributed by atoms with E-state index >= 15 is 0 Å². The number of carbonyl (C=O) groups excluding carboxylic acids is 1. The smallest absolute Gasteiger partial charge is 0.341 e.